The lowest BCUT2D eigenvalue weighted by Gasteiger charge is -2.22. The predicted octanol–water partition coefficient (Wildman–Crippen LogP) is 4.82. The van der Waals surface area contributed by atoms with Gasteiger partial charge in [-0.2, -0.15) is 5.10 Å². The molecule has 0 saturated carbocycles. The van der Waals surface area contributed by atoms with Crippen LogP contribution in [0.5, 0.6) is 0 Å². The highest BCUT2D eigenvalue weighted by Crippen LogP contribution is 2.23. The highest BCUT2D eigenvalue weighted by molar-refractivity contribution is 6.31. The molecule has 2 rings (SSSR count). The first-order chi connectivity index (χ1) is 11.8. The lowest BCUT2D eigenvalue weighted by Crippen LogP contribution is -2.33. The average Bonchev–Trinajstić information content (AvgIpc) is 2.86. The SMILES string of the molecule is CCC(C)N(C)C(=O)/C=C/c1c(C)nn(Cc2ccc(Cl)cc2)c1Cl. The predicted molar refractivity (Wildman–Crippen MR) is 104 cm³/mol. The number of amides is 1. The summed E-state index contributed by atoms with van der Waals surface area (Å²) >= 11 is 12.4. The van der Waals surface area contributed by atoms with E-state index >= 15 is 0 Å². The van der Waals surface area contributed by atoms with Crippen molar-refractivity contribution in [1.82, 2.24) is 14.7 Å². The van der Waals surface area contributed by atoms with Crippen LogP contribution in [-0.4, -0.2) is 33.7 Å². The Kier molecular flexibility index (Phi) is 6.68. The number of carbonyl (C=O) groups is 1. The molecule has 0 N–H and O–H groups in total. The van der Waals surface area contributed by atoms with Crippen LogP contribution in [0, 0.1) is 6.92 Å². The molecule has 0 aliphatic rings. The standard InChI is InChI=1S/C19H23Cl2N3O/c1-5-13(2)23(4)18(25)11-10-17-14(3)22-24(19(17)21)12-15-6-8-16(20)9-7-15/h6-11,13H,5,12H2,1-4H3/b11-10+. The number of carbonyl (C=O) groups excluding carboxylic acids is 1. The van der Waals surface area contributed by atoms with E-state index in [0.717, 1.165) is 23.2 Å². The first kappa shape index (κ1) is 19.5. The zero-order valence-corrected chi connectivity index (χ0v) is 16.5. The monoisotopic (exact) mass is 379 g/mol. The number of likely N-dealkylation sites (N-methyl/N-ethyl adjacent to an activating group) is 1. The molecule has 0 spiro atoms. The number of aromatic nitrogens is 2. The summed E-state index contributed by atoms with van der Waals surface area (Å²) in [5.74, 6) is -0.0460. The lowest BCUT2D eigenvalue weighted by atomic mass is 10.2. The first-order valence-corrected chi connectivity index (χ1v) is 9.01. The van der Waals surface area contributed by atoms with Crippen molar-refractivity contribution in [2.75, 3.05) is 7.05 Å². The molecule has 1 amide bonds. The van der Waals surface area contributed by atoms with Crippen LogP contribution in [0.3, 0.4) is 0 Å². The summed E-state index contributed by atoms with van der Waals surface area (Å²) in [5, 5.41) is 5.69. The maximum Gasteiger partial charge on any atom is 0.246 e. The normalized spacial score (nSPS) is 12.6. The van der Waals surface area contributed by atoms with E-state index in [0.29, 0.717) is 16.7 Å². The Morgan fingerprint density at radius 1 is 1.32 bits per heavy atom. The van der Waals surface area contributed by atoms with Crippen LogP contribution in [0.25, 0.3) is 6.08 Å². The Morgan fingerprint density at radius 2 is 1.96 bits per heavy atom. The molecule has 134 valence electrons. The van der Waals surface area contributed by atoms with Gasteiger partial charge in [0.25, 0.3) is 0 Å². The molecule has 0 saturated heterocycles. The molecule has 6 heteroatoms. The summed E-state index contributed by atoms with van der Waals surface area (Å²) in [6.45, 7) is 6.51. The van der Waals surface area contributed by atoms with E-state index in [1.54, 1.807) is 28.8 Å². The second-order valence-electron chi connectivity index (χ2n) is 6.11. The highest BCUT2D eigenvalue weighted by Gasteiger charge is 2.14. The Labute approximate surface area is 159 Å². The Morgan fingerprint density at radius 3 is 2.56 bits per heavy atom. The molecular formula is C19H23Cl2N3O. The van der Waals surface area contributed by atoms with Crippen molar-refractivity contribution < 1.29 is 4.79 Å². The zero-order valence-electron chi connectivity index (χ0n) is 15.0. The summed E-state index contributed by atoms with van der Waals surface area (Å²) in [7, 11) is 1.80. The molecule has 4 nitrogen and oxygen atoms in total. The van der Waals surface area contributed by atoms with Crippen molar-refractivity contribution >= 4 is 35.2 Å². The van der Waals surface area contributed by atoms with E-state index in [-0.39, 0.29) is 11.9 Å². The van der Waals surface area contributed by atoms with Gasteiger partial charge in [0.15, 0.2) is 0 Å². The number of aryl methyl sites for hydroxylation is 1. The van der Waals surface area contributed by atoms with Gasteiger partial charge in [0, 0.05) is 29.8 Å². The smallest absolute Gasteiger partial charge is 0.246 e. The van der Waals surface area contributed by atoms with Gasteiger partial charge in [-0.25, -0.2) is 4.68 Å². The molecular weight excluding hydrogens is 357 g/mol. The van der Waals surface area contributed by atoms with E-state index in [9.17, 15) is 4.79 Å². The second kappa shape index (κ2) is 8.54. The van der Waals surface area contributed by atoms with Crippen LogP contribution in [-0.2, 0) is 11.3 Å². The van der Waals surface area contributed by atoms with E-state index in [1.807, 2.05) is 38.1 Å². The Bertz CT molecular complexity index is 766. The number of benzene rings is 1. The van der Waals surface area contributed by atoms with E-state index < -0.39 is 0 Å². The Hall–Kier alpha value is -1.78. The van der Waals surface area contributed by atoms with Crippen LogP contribution in [0.1, 0.15) is 37.1 Å². The molecule has 1 unspecified atom stereocenters. The first-order valence-electron chi connectivity index (χ1n) is 8.25. The second-order valence-corrected chi connectivity index (χ2v) is 6.91. The van der Waals surface area contributed by atoms with E-state index in [1.165, 1.54) is 0 Å². The van der Waals surface area contributed by atoms with Gasteiger partial charge >= 0.3 is 0 Å². The summed E-state index contributed by atoms with van der Waals surface area (Å²) in [5.41, 5.74) is 2.60. The molecule has 0 aliphatic heterocycles. The molecule has 1 aromatic heterocycles. The molecule has 0 aliphatic carbocycles. The van der Waals surface area contributed by atoms with Gasteiger partial charge in [0.2, 0.25) is 5.91 Å². The van der Waals surface area contributed by atoms with Crippen LogP contribution in [0.15, 0.2) is 30.3 Å². The molecule has 0 fully saturated rings. The average molecular weight is 380 g/mol. The van der Waals surface area contributed by atoms with Crippen molar-refractivity contribution in [3.63, 3.8) is 0 Å². The summed E-state index contributed by atoms with van der Waals surface area (Å²) in [6.07, 6.45) is 4.20. The summed E-state index contributed by atoms with van der Waals surface area (Å²) in [6, 6.07) is 7.75. The maximum absolute atomic E-state index is 12.2. The molecule has 25 heavy (non-hydrogen) atoms. The third kappa shape index (κ3) is 4.86. The fraction of sp³-hybridized carbons (Fsp3) is 0.368. The molecule has 1 atom stereocenters. The maximum atomic E-state index is 12.2. The van der Waals surface area contributed by atoms with Gasteiger partial charge in [0.1, 0.15) is 5.15 Å². The minimum Gasteiger partial charge on any atom is -0.340 e. The molecule has 2 aromatic rings. The fourth-order valence-electron chi connectivity index (χ4n) is 2.39. The molecule has 0 radical (unpaired) electrons. The largest absolute Gasteiger partial charge is 0.340 e. The number of rotatable bonds is 6. The minimum atomic E-state index is -0.0460. The van der Waals surface area contributed by atoms with Crippen molar-refractivity contribution in [2.24, 2.45) is 0 Å². The van der Waals surface area contributed by atoms with Gasteiger partial charge in [0.05, 0.1) is 12.2 Å². The van der Waals surface area contributed by atoms with Crippen molar-refractivity contribution in [2.45, 2.75) is 39.8 Å². The minimum absolute atomic E-state index is 0.0460. The molecule has 1 heterocycles. The summed E-state index contributed by atoms with van der Waals surface area (Å²) in [4.78, 5) is 13.9. The fourth-order valence-corrected chi connectivity index (χ4v) is 2.81. The highest BCUT2D eigenvalue weighted by atomic mass is 35.5. The van der Waals surface area contributed by atoms with Gasteiger partial charge in [-0.15, -0.1) is 0 Å². The van der Waals surface area contributed by atoms with Crippen LogP contribution >= 0.6 is 23.2 Å². The topological polar surface area (TPSA) is 38.1 Å². The lowest BCUT2D eigenvalue weighted by molar-refractivity contribution is -0.126. The third-order valence-corrected chi connectivity index (χ3v) is 5.00. The number of hydrogen-bond donors (Lipinski definition) is 0. The quantitative estimate of drug-likeness (QED) is 0.674. The van der Waals surface area contributed by atoms with Crippen molar-refractivity contribution in [3.8, 4) is 0 Å². The number of halogens is 2. The van der Waals surface area contributed by atoms with Gasteiger partial charge in [-0.05, 0) is 44.0 Å². The molecule has 0 bridgehead atoms. The van der Waals surface area contributed by atoms with E-state index in [4.69, 9.17) is 23.2 Å². The molecule has 1 aromatic carbocycles. The third-order valence-electron chi connectivity index (χ3n) is 4.35. The van der Waals surface area contributed by atoms with Crippen molar-refractivity contribution in [3.05, 3.63) is 57.3 Å². The van der Waals surface area contributed by atoms with Crippen LogP contribution < -0.4 is 0 Å². The van der Waals surface area contributed by atoms with E-state index in [2.05, 4.69) is 12.0 Å². The number of hydrogen-bond acceptors (Lipinski definition) is 2. The van der Waals surface area contributed by atoms with Crippen LogP contribution in [0.4, 0.5) is 0 Å². The Balaban J connectivity index is 2.17. The zero-order chi connectivity index (χ0) is 18.6. The van der Waals surface area contributed by atoms with Gasteiger partial charge < -0.3 is 4.90 Å². The van der Waals surface area contributed by atoms with Gasteiger partial charge in [-0.1, -0.05) is 42.3 Å². The number of nitrogens with zero attached hydrogens (tertiary/aromatic N) is 3. The van der Waals surface area contributed by atoms with Crippen molar-refractivity contribution in [1.29, 1.82) is 0 Å². The van der Waals surface area contributed by atoms with Crippen LogP contribution in [0.2, 0.25) is 10.2 Å². The van der Waals surface area contributed by atoms with Gasteiger partial charge in [-0.3, -0.25) is 4.79 Å². The summed E-state index contributed by atoms with van der Waals surface area (Å²) < 4.78 is 1.72.